The first kappa shape index (κ1) is 17.6. The monoisotopic (exact) mass is 376 g/mol. The molecule has 0 radical (unpaired) electrons. The number of thioether (sulfide) groups is 1. The Kier molecular flexibility index (Phi) is 4.55. The first-order valence-electron chi connectivity index (χ1n) is 9.05. The van der Waals surface area contributed by atoms with E-state index < -0.39 is 8.32 Å². The summed E-state index contributed by atoms with van der Waals surface area (Å²) in [7, 11) is -2.50. The lowest BCUT2D eigenvalue weighted by Gasteiger charge is -2.44. The lowest BCUT2D eigenvalue weighted by molar-refractivity contribution is 0.305. The van der Waals surface area contributed by atoms with Crippen molar-refractivity contribution in [3.8, 4) is 0 Å². The number of fused-ring (bicyclic) bond motifs is 1. The van der Waals surface area contributed by atoms with Crippen molar-refractivity contribution in [2.24, 2.45) is 0 Å². The van der Waals surface area contributed by atoms with Crippen molar-refractivity contribution in [1.29, 1.82) is 0 Å². The van der Waals surface area contributed by atoms with Gasteiger partial charge in [-0.05, 0) is 32.0 Å². The summed E-state index contributed by atoms with van der Waals surface area (Å²) in [5, 5.41) is 4.90. The van der Waals surface area contributed by atoms with E-state index in [0.29, 0.717) is 0 Å². The fourth-order valence-electron chi connectivity index (χ4n) is 3.92. The molecule has 0 saturated heterocycles. The van der Waals surface area contributed by atoms with Gasteiger partial charge in [-0.15, -0.1) is 0 Å². The van der Waals surface area contributed by atoms with Crippen LogP contribution in [-0.4, -0.2) is 13.8 Å². The molecule has 3 heteroatoms. The molecule has 0 aromatic heterocycles. The molecular weight excluding hydrogens is 352 g/mol. The molecular formula is C23H24OSSi. The maximum absolute atomic E-state index is 7.19. The Balaban J connectivity index is 1.86. The van der Waals surface area contributed by atoms with Crippen LogP contribution < -0.4 is 10.4 Å². The van der Waals surface area contributed by atoms with Crippen LogP contribution in [0.3, 0.4) is 0 Å². The molecule has 1 heterocycles. The summed E-state index contributed by atoms with van der Waals surface area (Å²) in [5.41, 5.74) is 2.67. The van der Waals surface area contributed by atoms with Gasteiger partial charge in [0.2, 0.25) is 0 Å². The maximum atomic E-state index is 7.19. The molecule has 1 nitrogen and oxygen atoms in total. The molecule has 1 aliphatic heterocycles. The highest BCUT2D eigenvalue weighted by molar-refractivity contribution is 8.03. The van der Waals surface area contributed by atoms with Crippen LogP contribution in [0.5, 0.6) is 0 Å². The van der Waals surface area contributed by atoms with Gasteiger partial charge >= 0.3 is 0 Å². The number of benzene rings is 2. The summed E-state index contributed by atoms with van der Waals surface area (Å²) in [4.78, 5) is 0. The Morgan fingerprint density at radius 1 is 0.885 bits per heavy atom. The van der Waals surface area contributed by atoms with E-state index in [1.165, 1.54) is 21.5 Å². The fourth-order valence-corrected chi connectivity index (χ4v) is 9.89. The van der Waals surface area contributed by atoms with E-state index in [4.69, 9.17) is 4.43 Å². The Labute approximate surface area is 161 Å². The molecule has 26 heavy (non-hydrogen) atoms. The van der Waals surface area contributed by atoms with Crippen LogP contribution in [-0.2, 0) is 4.43 Å². The third-order valence-corrected chi connectivity index (χ3v) is 11.3. The summed E-state index contributed by atoms with van der Waals surface area (Å²) in [6.07, 6.45) is 6.51. The summed E-state index contributed by atoms with van der Waals surface area (Å²) >= 11 is 1.80. The van der Waals surface area contributed by atoms with Gasteiger partial charge in [-0.25, -0.2) is 0 Å². The number of rotatable bonds is 4. The average molecular weight is 377 g/mol. The Bertz CT molecular complexity index is 836. The van der Waals surface area contributed by atoms with Gasteiger partial charge in [-0.1, -0.05) is 111 Å². The molecule has 1 unspecified atom stereocenters. The van der Waals surface area contributed by atoms with Crippen molar-refractivity contribution in [1.82, 2.24) is 0 Å². The number of hydrogen-bond acceptors (Lipinski definition) is 2. The second-order valence-electron chi connectivity index (χ2n) is 7.80. The molecule has 0 saturated carbocycles. The van der Waals surface area contributed by atoms with Crippen LogP contribution in [0.4, 0.5) is 0 Å². The van der Waals surface area contributed by atoms with Crippen molar-refractivity contribution >= 4 is 30.5 Å². The van der Waals surface area contributed by atoms with E-state index in [9.17, 15) is 0 Å². The Hall–Kier alpha value is -1.81. The maximum Gasteiger partial charge on any atom is 0.263 e. The molecule has 0 amide bonds. The van der Waals surface area contributed by atoms with E-state index in [1.54, 1.807) is 11.8 Å². The van der Waals surface area contributed by atoms with Crippen LogP contribution in [0, 0.1) is 0 Å². The van der Waals surface area contributed by atoms with Crippen molar-refractivity contribution in [3.63, 3.8) is 0 Å². The van der Waals surface area contributed by atoms with E-state index in [1.807, 2.05) is 0 Å². The van der Waals surface area contributed by atoms with Gasteiger partial charge < -0.3 is 4.43 Å². The van der Waals surface area contributed by atoms with Crippen molar-refractivity contribution in [3.05, 3.63) is 95.4 Å². The summed E-state index contributed by atoms with van der Waals surface area (Å²) in [6, 6.07) is 21.7. The summed E-state index contributed by atoms with van der Waals surface area (Å²) in [5.74, 6) is 0. The highest BCUT2D eigenvalue weighted by Crippen LogP contribution is 2.45. The minimum atomic E-state index is -2.50. The predicted octanol–water partition coefficient (Wildman–Crippen LogP) is 5.02. The van der Waals surface area contributed by atoms with E-state index in [-0.39, 0.29) is 10.5 Å². The van der Waals surface area contributed by atoms with Crippen molar-refractivity contribution < 1.29 is 4.43 Å². The van der Waals surface area contributed by atoms with Crippen molar-refractivity contribution in [2.75, 3.05) is 0 Å². The molecule has 0 spiro atoms. The standard InChI is InChI=1S/C23H24OSSi/c1-23(2,3)26(19-12-6-4-7-13-19,20-14-8-5-9-15-20)24-22-21-16-10-11-18(21)17-25-22/h4-17,22H,1-3H3. The van der Waals surface area contributed by atoms with Crippen LogP contribution in [0.25, 0.3) is 0 Å². The highest BCUT2D eigenvalue weighted by atomic mass is 32.2. The fraction of sp³-hybridized carbons (Fsp3) is 0.217. The van der Waals surface area contributed by atoms with Gasteiger partial charge in [0.15, 0.2) is 0 Å². The lowest BCUT2D eigenvalue weighted by atomic mass is 10.2. The highest BCUT2D eigenvalue weighted by Gasteiger charge is 2.52. The molecule has 0 N–H and O–H groups in total. The lowest BCUT2D eigenvalue weighted by Crippen LogP contribution is -2.67. The second-order valence-corrected chi connectivity index (χ2v) is 13.0. The van der Waals surface area contributed by atoms with Crippen LogP contribution in [0.15, 0.2) is 95.4 Å². The van der Waals surface area contributed by atoms with Gasteiger partial charge in [0, 0.05) is 0 Å². The molecule has 2 aliphatic rings. The molecule has 132 valence electrons. The minimum absolute atomic E-state index is 0.00557. The topological polar surface area (TPSA) is 9.23 Å². The van der Waals surface area contributed by atoms with Gasteiger partial charge in [-0.2, -0.15) is 0 Å². The van der Waals surface area contributed by atoms with E-state index >= 15 is 0 Å². The van der Waals surface area contributed by atoms with Crippen molar-refractivity contribution in [2.45, 2.75) is 31.2 Å². The van der Waals surface area contributed by atoms with E-state index in [0.717, 1.165) is 0 Å². The summed E-state index contributed by atoms with van der Waals surface area (Å²) in [6.45, 7) is 6.98. The average Bonchev–Trinajstić information content (AvgIpc) is 3.24. The third-order valence-electron chi connectivity index (χ3n) is 5.16. The molecule has 2 aromatic carbocycles. The quantitative estimate of drug-likeness (QED) is 0.693. The minimum Gasteiger partial charge on any atom is -0.391 e. The summed E-state index contributed by atoms with van der Waals surface area (Å²) < 4.78 is 7.19. The van der Waals surface area contributed by atoms with Gasteiger partial charge in [-0.3, -0.25) is 0 Å². The third kappa shape index (κ3) is 2.84. The SMILES string of the molecule is CC(C)(C)[Si](OC1SC=C2C=CC=C21)(c1ccccc1)c1ccccc1. The zero-order valence-corrected chi connectivity index (χ0v) is 17.3. The second kappa shape index (κ2) is 6.73. The Morgan fingerprint density at radius 2 is 1.46 bits per heavy atom. The Morgan fingerprint density at radius 3 is 2.00 bits per heavy atom. The largest absolute Gasteiger partial charge is 0.391 e. The van der Waals surface area contributed by atoms with Gasteiger partial charge in [0.25, 0.3) is 8.32 Å². The van der Waals surface area contributed by atoms with Crippen LogP contribution in [0.2, 0.25) is 5.04 Å². The predicted molar refractivity (Wildman–Crippen MR) is 115 cm³/mol. The van der Waals surface area contributed by atoms with Crippen LogP contribution >= 0.6 is 11.8 Å². The first-order valence-corrected chi connectivity index (χ1v) is 11.9. The number of hydrogen-bond donors (Lipinski definition) is 0. The molecule has 1 atom stereocenters. The molecule has 2 aromatic rings. The zero-order valence-electron chi connectivity index (χ0n) is 15.5. The number of allylic oxidation sites excluding steroid dienone is 3. The molecule has 0 bridgehead atoms. The van der Waals surface area contributed by atoms with Gasteiger partial charge in [0.1, 0.15) is 5.44 Å². The first-order chi connectivity index (χ1) is 12.5. The van der Waals surface area contributed by atoms with Crippen LogP contribution in [0.1, 0.15) is 20.8 Å². The molecule has 0 fully saturated rings. The molecule has 4 rings (SSSR count). The normalized spacial score (nSPS) is 19.3. The molecule has 1 aliphatic carbocycles. The zero-order chi connectivity index (χ0) is 18.2. The smallest absolute Gasteiger partial charge is 0.263 e. The van der Waals surface area contributed by atoms with E-state index in [2.05, 4.69) is 105 Å². The van der Waals surface area contributed by atoms with Gasteiger partial charge in [0.05, 0.1) is 0 Å².